The number of amides is 1. The van der Waals surface area contributed by atoms with E-state index in [2.05, 4.69) is 27.4 Å². The van der Waals surface area contributed by atoms with Crippen LogP contribution in [-0.2, 0) is 36.9 Å². The zero-order valence-corrected chi connectivity index (χ0v) is 28.2. The van der Waals surface area contributed by atoms with Crippen molar-refractivity contribution in [2.75, 3.05) is 0 Å². The number of rotatable bonds is 7. The summed E-state index contributed by atoms with van der Waals surface area (Å²) in [5.41, 5.74) is -1.56. The van der Waals surface area contributed by atoms with Gasteiger partial charge in [-0.1, -0.05) is 24.1 Å². The molecule has 5 aromatic rings. The van der Waals surface area contributed by atoms with Gasteiger partial charge in [0.15, 0.2) is 5.69 Å². The van der Waals surface area contributed by atoms with E-state index in [4.69, 9.17) is 4.98 Å². The number of hydrogen-bond acceptors (Lipinski definition) is 5. The minimum absolute atomic E-state index is 0.0871. The third-order valence-corrected chi connectivity index (χ3v) is 9.28. The fraction of sp³-hybridized carbons (Fsp3) is 0.351. The number of aryl methyl sites for hydroxylation is 2. The number of halogens is 7. The van der Waals surface area contributed by atoms with Crippen LogP contribution < -0.4 is 5.32 Å². The van der Waals surface area contributed by atoms with Crippen molar-refractivity contribution >= 4 is 16.8 Å². The Morgan fingerprint density at radius 3 is 2.46 bits per heavy atom. The number of fused-ring (bicyclic) bond motifs is 4. The van der Waals surface area contributed by atoms with E-state index < -0.39 is 76.6 Å². The van der Waals surface area contributed by atoms with Gasteiger partial charge in [0.2, 0.25) is 5.91 Å². The number of alkyl halides is 5. The standard InChI is InChI=1S/C37H31F7N6O2/c1-18-23-6-5-7-25(32(23)49(4)47-18)24-9-8-22(10-11-35(2,3)52)45-31(24)28(14-19-12-20(38)15-21(39)13-19)46-29(51)17-50-34-30(33(48-50)37(42,43)44)26-16-27(26)36(34,40)41/h5-9,12-13,15,26-28,52H,14,16-17H2,1-4H3,(H,46,51)/t26-,27+,28-/m0/s1. The van der Waals surface area contributed by atoms with Gasteiger partial charge in [-0.25, -0.2) is 13.8 Å². The van der Waals surface area contributed by atoms with E-state index >= 15 is 8.78 Å². The van der Waals surface area contributed by atoms with Crippen LogP contribution in [0.25, 0.3) is 22.0 Å². The summed E-state index contributed by atoms with van der Waals surface area (Å²) >= 11 is 0. The van der Waals surface area contributed by atoms with Gasteiger partial charge in [0, 0.05) is 41.1 Å². The molecule has 1 saturated carbocycles. The summed E-state index contributed by atoms with van der Waals surface area (Å²) in [6.07, 6.45) is -5.43. The summed E-state index contributed by atoms with van der Waals surface area (Å²) in [7, 11) is 1.74. The van der Waals surface area contributed by atoms with Crippen LogP contribution in [-0.4, -0.2) is 41.2 Å². The van der Waals surface area contributed by atoms with Crippen LogP contribution in [0.5, 0.6) is 0 Å². The molecular weight excluding hydrogens is 693 g/mol. The van der Waals surface area contributed by atoms with Crippen molar-refractivity contribution in [3.05, 3.63) is 99.8 Å². The summed E-state index contributed by atoms with van der Waals surface area (Å²) in [6, 6.07) is 10.2. The highest BCUT2D eigenvalue weighted by molar-refractivity contribution is 5.96. The molecule has 2 aliphatic carbocycles. The Labute approximate surface area is 292 Å². The number of carbonyl (C=O) groups excluding carboxylic acids is 1. The fourth-order valence-electron chi connectivity index (χ4n) is 7.13. The zero-order valence-electron chi connectivity index (χ0n) is 28.2. The van der Waals surface area contributed by atoms with Gasteiger partial charge in [0.05, 0.1) is 22.9 Å². The molecule has 1 amide bonds. The number of hydrogen-bond donors (Lipinski definition) is 2. The second-order valence-electron chi connectivity index (χ2n) is 13.8. The molecule has 0 unspecified atom stereocenters. The van der Waals surface area contributed by atoms with Gasteiger partial charge in [-0.2, -0.15) is 32.1 Å². The van der Waals surface area contributed by atoms with E-state index in [0.29, 0.717) is 27.4 Å². The van der Waals surface area contributed by atoms with Crippen LogP contribution >= 0.6 is 0 Å². The average Bonchev–Trinajstić information content (AvgIpc) is 3.59. The highest BCUT2D eigenvalue weighted by Gasteiger charge is 2.68. The van der Waals surface area contributed by atoms with Crippen LogP contribution in [0, 0.1) is 36.3 Å². The number of benzene rings is 2. The Morgan fingerprint density at radius 2 is 1.79 bits per heavy atom. The molecule has 0 saturated heterocycles. The SMILES string of the molecule is Cc1nn(C)c2c(-c3ccc(C#CC(C)(C)O)nc3[C@H](Cc3cc(F)cc(F)c3)NC(=O)Cn3nc(C(F)(F)F)c4c3C(F)(F)[C@@H]3C[C@H]43)cccc12. The van der Waals surface area contributed by atoms with Crippen molar-refractivity contribution in [3.8, 4) is 23.0 Å². The van der Waals surface area contributed by atoms with E-state index in [-0.39, 0.29) is 29.8 Å². The maximum Gasteiger partial charge on any atom is 0.435 e. The van der Waals surface area contributed by atoms with E-state index in [1.165, 1.54) is 13.8 Å². The van der Waals surface area contributed by atoms with Gasteiger partial charge in [-0.15, -0.1) is 0 Å². The van der Waals surface area contributed by atoms with Gasteiger partial charge < -0.3 is 10.4 Å². The normalized spacial score (nSPS) is 18.1. The molecule has 3 aromatic heterocycles. The summed E-state index contributed by atoms with van der Waals surface area (Å²) in [6.45, 7) is 3.74. The summed E-state index contributed by atoms with van der Waals surface area (Å²) in [5, 5.41) is 21.7. The molecule has 0 bridgehead atoms. The number of para-hydroxylation sites is 1. The van der Waals surface area contributed by atoms with Crippen LogP contribution in [0.3, 0.4) is 0 Å². The fourth-order valence-corrected chi connectivity index (χ4v) is 7.13. The quantitative estimate of drug-likeness (QED) is 0.141. The van der Waals surface area contributed by atoms with E-state index in [1.54, 1.807) is 36.0 Å². The molecule has 2 aromatic carbocycles. The Bertz CT molecular complexity index is 2310. The van der Waals surface area contributed by atoms with E-state index in [9.17, 15) is 31.9 Å². The van der Waals surface area contributed by atoms with Crippen molar-refractivity contribution < 1.29 is 40.6 Å². The molecule has 15 heteroatoms. The highest BCUT2D eigenvalue weighted by Crippen LogP contribution is 2.68. The Morgan fingerprint density at radius 1 is 1.08 bits per heavy atom. The predicted molar refractivity (Wildman–Crippen MR) is 175 cm³/mol. The molecule has 1 fully saturated rings. The van der Waals surface area contributed by atoms with Crippen molar-refractivity contribution in [2.45, 2.75) is 69.8 Å². The second-order valence-corrected chi connectivity index (χ2v) is 13.8. The Balaban J connectivity index is 1.36. The molecule has 52 heavy (non-hydrogen) atoms. The largest absolute Gasteiger partial charge is 0.435 e. The molecule has 0 spiro atoms. The van der Waals surface area contributed by atoms with Gasteiger partial charge in [-0.3, -0.25) is 14.2 Å². The lowest BCUT2D eigenvalue weighted by molar-refractivity contribution is -0.142. The molecule has 0 aliphatic heterocycles. The number of aromatic nitrogens is 5. The van der Waals surface area contributed by atoms with Gasteiger partial charge >= 0.3 is 6.18 Å². The Hall–Kier alpha value is -5.23. The number of aliphatic hydroxyl groups is 1. The Kier molecular flexibility index (Phi) is 8.24. The lowest BCUT2D eigenvalue weighted by atomic mass is 9.93. The number of nitrogens with one attached hydrogen (secondary N) is 1. The third kappa shape index (κ3) is 6.40. The maximum absolute atomic E-state index is 15.3. The molecule has 7 rings (SSSR count). The lowest BCUT2D eigenvalue weighted by Gasteiger charge is -2.23. The third-order valence-electron chi connectivity index (χ3n) is 9.28. The first-order valence-corrected chi connectivity index (χ1v) is 16.3. The van der Waals surface area contributed by atoms with Crippen molar-refractivity contribution in [3.63, 3.8) is 0 Å². The van der Waals surface area contributed by atoms with Crippen molar-refractivity contribution in [2.24, 2.45) is 13.0 Å². The first-order valence-electron chi connectivity index (χ1n) is 16.3. The smallest absolute Gasteiger partial charge is 0.378 e. The van der Waals surface area contributed by atoms with Crippen molar-refractivity contribution in [1.29, 1.82) is 0 Å². The van der Waals surface area contributed by atoms with Gasteiger partial charge in [0.1, 0.15) is 35.2 Å². The summed E-state index contributed by atoms with van der Waals surface area (Å²) < 4.78 is 103. The van der Waals surface area contributed by atoms with Gasteiger partial charge in [-0.05, 0) is 75.3 Å². The molecule has 0 radical (unpaired) electrons. The monoisotopic (exact) mass is 724 g/mol. The molecule has 2 N–H and O–H groups in total. The van der Waals surface area contributed by atoms with Crippen LogP contribution in [0.15, 0.2) is 48.5 Å². The predicted octanol–water partition coefficient (Wildman–Crippen LogP) is 6.87. The highest BCUT2D eigenvalue weighted by atomic mass is 19.4. The molecule has 3 heterocycles. The topological polar surface area (TPSA) is 97.9 Å². The molecule has 2 aliphatic rings. The first kappa shape index (κ1) is 35.2. The number of nitrogens with zero attached hydrogens (tertiary/aromatic N) is 5. The number of pyridine rings is 1. The molecular formula is C37H31F7N6O2. The van der Waals surface area contributed by atoms with Crippen LogP contribution in [0.1, 0.15) is 71.8 Å². The molecule has 3 atom stereocenters. The summed E-state index contributed by atoms with van der Waals surface area (Å²) in [5.74, 6) is -3.30. The average molecular weight is 725 g/mol. The lowest BCUT2D eigenvalue weighted by Crippen LogP contribution is -2.35. The van der Waals surface area contributed by atoms with E-state index in [0.717, 1.165) is 23.2 Å². The van der Waals surface area contributed by atoms with Gasteiger partial charge in [0.25, 0.3) is 5.92 Å². The number of carbonyl (C=O) groups is 1. The second kappa shape index (κ2) is 12.2. The first-order chi connectivity index (χ1) is 24.3. The van der Waals surface area contributed by atoms with Crippen molar-refractivity contribution in [1.82, 2.24) is 29.9 Å². The summed E-state index contributed by atoms with van der Waals surface area (Å²) in [4.78, 5) is 18.5. The minimum atomic E-state index is -5.03. The zero-order chi connectivity index (χ0) is 37.5. The van der Waals surface area contributed by atoms with Crippen LogP contribution in [0.4, 0.5) is 30.7 Å². The maximum atomic E-state index is 15.3. The van der Waals surface area contributed by atoms with E-state index in [1.807, 2.05) is 13.0 Å². The van der Waals surface area contributed by atoms with Crippen LogP contribution in [0.2, 0.25) is 0 Å². The minimum Gasteiger partial charge on any atom is -0.378 e. The molecule has 270 valence electrons. The molecule has 8 nitrogen and oxygen atoms in total.